The smallest absolute Gasteiger partial charge is 0.416 e. The summed E-state index contributed by atoms with van der Waals surface area (Å²) in [6.07, 6.45) is -3.08. The first kappa shape index (κ1) is 22.5. The average Bonchev–Trinajstić information content (AvgIpc) is 3.18. The fourth-order valence-electron chi connectivity index (χ4n) is 2.79. The van der Waals surface area contributed by atoms with E-state index in [0.717, 1.165) is 12.1 Å². The summed E-state index contributed by atoms with van der Waals surface area (Å²) in [7, 11) is 0. The van der Waals surface area contributed by atoms with E-state index >= 15 is 0 Å². The van der Waals surface area contributed by atoms with Gasteiger partial charge >= 0.3 is 6.18 Å². The van der Waals surface area contributed by atoms with Gasteiger partial charge in [0.2, 0.25) is 5.91 Å². The summed E-state index contributed by atoms with van der Waals surface area (Å²) < 4.78 is 44.0. The van der Waals surface area contributed by atoms with Crippen molar-refractivity contribution < 1.29 is 27.2 Å². The van der Waals surface area contributed by atoms with E-state index in [2.05, 4.69) is 10.6 Å². The van der Waals surface area contributed by atoms with Crippen LogP contribution in [0.25, 0.3) is 0 Å². The number of amides is 2. The molecule has 0 fully saturated rings. The van der Waals surface area contributed by atoms with Crippen LogP contribution < -0.4 is 10.6 Å². The number of alkyl halides is 3. The molecule has 1 unspecified atom stereocenters. The summed E-state index contributed by atoms with van der Waals surface area (Å²) in [6.45, 7) is 7.16. The number of hydrogen-bond donors (Lipinski definition) is 2. The molecule has 0 saturated carbocycles. The van der Waals surface area contributed by atoms with Gasteiger partial charge in [0, 0.05) is 12.0 Å². The molecule has 1 aromatic heterocycles. The van der Waals surface area contributed by atoms with Crippen LogP contribution in [0.1, 0.15) is 49.4 Å². The zero-order chi connectivity index (χ0) is 21.8. The van der Waals surface area contributed by atoms with Crippen LogP contribution in [0, 0.1) is 5.92 Å². The Bertz CT molecular complexity index is 843. The molecule has 29 heavy (non-hydrogen) atoms. The summed E-state index contributed by atoms with van der Waals surface area (Å²) in [4.78, 5) is 24.8. The van der Waals surface area contributed by atoms with Crippen LogP contribution in [0.5, 0.6) is 0 Å². The molecule has 2 N–H and O–H groups in total. The molecule has 8 heteroatoms. The Labute approximate surface area is 167 Å². The lowest BCUT2D eigenvalue weighted by Crippen LogP contribution is -2.51. The molecule has 2 rings (SSSR count). The minimum Gasteiger partial charge on any atom is -0.459 e. The second-order valence-corrected chi connectivity index (χ2v) is 7.85. The van der Waals surface area contributed by atoms with Gasteiger partial charge in [-0.25, -0.2) is 0 Å². The van der Waals surface area contributed by atoms with E-state index in [4.69, 9.17) is 4.42 Å². The van der Waals surface area contributed by atoms with Gasteiger partial charge in [0.15, 0.2) is 5.76 Å². The zero-order valence-corrected chi connectivity index (χ0v) is 16.8. The normalized spacial score (nSPS) is 13.2. The zero-order valence-electron chi connectivity index (χ0n) is 16.8. The van der Waals surface area contributed by atoms with E-state index in [9.17, 15) is 22.8 Å². The van der Waals surface area contributed by atoms with Gasteiger partial charge in [0.05, 0.1) is 11.8 Å². The maximum absolute atomic E-state index is 13.0. The van der Waals surface area contributed by atoms with Crippen molar-refractivity contribution in [3.63, 3.8) is 0 Å². The predicted molar refractivity (Wildman–Crippen MR) is 102 cm³/mol. The molecule has 2 amide bonds. The van der Waals surface area contributed by atoms with E-state index in [0.29, 0.717) is 5.56 Å². The third-order valence-electron chi connectivity index (χ3n) is 4.66. The lowest BCUT2D eigenvalue weighted by atomic mass is 9.83. The summed E-state index contributed by atoms with van der Waals surface area (Å²) in [5.74, 6) is -1.04. The number of rotatable bonds is 7. The van der Waals surface area contributed by atoms with Crippen molar-refractivity contribution in [3.05, 3.63) is 59.5 Å². The van der Waals surface area contributed by atoms with Crippen LogP contribution in [0.2, 0.25) is 0 Å². The van der Waals surface area contributed by atoms with Gasteiger partial charge in [0.25, 0.3) is 5.91 Å². The van der Waals surface area contributed by atoms with E-state index in [-0.39, 0.29) is 18.2 Å². The van der Waals surface area contributed by atoms with Crippen molar-refractivity contribution in [2.45, 2.75) is 45.3 Å². The summed E-state index contributed by atoms with van der Waals surface area (Å²) >= 11 is 0. The summed E-state index contributed by atoms with van der Waals surface area (Å²) in [5.41, 5.74) is -1.03. The third-order valence-corrected chi connectivity index (χ3v) is 4.66. The maximum atomic E-state index is 13.0. The molecule has 0 radical (unpaired) electrons. The molecule has 1 aromatic carbocycles. The van der Waals surface area contributed by atoms with Crippen LogP contribution in [-0.2, 0) is 16.4 Å². The predicted octanol–water partition coefficient (Wildman–Crippen LogP) is 4.15. The Morgan fingerprint density at radius 3 is 2.28 bits per heavy atom. The van der Waals surface area contributed by atoms with Crippen molar-refractivity contribution in [1.29, 1.82) is 0 Å². The summed E-state index contributed by atoms with van der Waals surface area (Å²) in [5, 5.41) is 5.38. The van der Waals surface area contributed by atoms with Crippen LogP contribution in [0.15, 0.2) is 47.1 Å². The number of benzene rings is 1. The molecule has 1 atom stereocenters. The van der Waals surface area contributed by atoms with Crippen LogP contribution in [0.3, 0.4) is 0 Å². The Kier molecular flexibility index (Phi) is 6.77. The minimum atomic E-state index is -4.44. The molecule has 158 valence electrons. The average molecular weight is 410 g/mol. The molecule has 1 heterocycles. The highest BCUT2D eigenvalue weighted by Crippen LogP contribution is 2.32. The molecular weight excluding hydrogens is 385 g/mol. The van der Waals surface area contributed by atoms with E-state index in [1.54, 1.807) is 39.8 Å². The van der Waals surface area contributed by atoms with Crippen molar-refractivity contribution in [1.82, 2.24) is 10.6 Å². The van der Waals surface area contributed by atoms with Crippen LogP contribution in [0.4, 0.5) is 13.2 Å². The number of hydrogen-bond acceptors (Lipinski definition) is 3. The molecule has 0 aliphatic carbocycles. The van der Waals surface area contributed by atoms with Gasteiger partial charge in [-0.05, 0) is 29.7 Å². The van der Waals surface area contributed by atoms with E-state index < -0.39 is 35.0 Å². The van der Waals surface area contributed by atoms with Crippen LogP contribution in [-0.4, -0.2) is 24.4 Å². The molecule has 2 aromatic rings. The third kappa shape index (κ3) is 5.85. The summed E-state index contributed by atoms with van der Waals surface area (Å²) in [6, 6.07) is 7.28. The highest BCUT2D eigenvalue weighted by Gasteiger charge is 2.33. The van der Waals surface area contributed by atoms with E-state index in [1.165, 1.54) is 18.4 Å². The highest BCUT2D eigenvalue weighted by molar-refractivity contribution is 5.95. The number of halogens is 3. The first-order chi connectivity index (χ1) is 13.4. The first-order valence-electron chi connectivity index (χ1n) is 9.21. The monoisotopic (exact) mass is 410 g/mol. The maximum Gasteiger partial charge on any atom is 0.416 e. The Hall–Kier alpha value is -2.77. The molecule has 0 bridgehead atoms. The fraction of sp³-hybridized carbons (Fsp3) is 0.429. The molecule has 0 aliphatic heterocycles. The molecule has 0 saturated heterocycles. The lowest BCUT2D eigenvalue weighted by molar-refractivity contribution is -0.137. The number of nitrogens with one attached hydrogen (secondary N) is 2. The molecule has 0 spiro atoms. The second-order valence-electron chi connectivity index (χ2n) is 7.85. The number of carbonyl (C=O) groups excluding carboxylic acids is 2. The molecule has 5 nitrogen and oxygen atoms in total. The highest BCUT2D eigenvalue weighted by atomic mass is 19.4. The van der Waals surface area contributed by atoms with Gasteiger partial charge < -0.3 is 15.1 Å². The van der Waals surface area contributed by atoms with Crippen molar-refractivity contribution in [3.8, 4) is 0 Å². The lowest BCUT2D eigenvalue weighted by Gasteiger charge is -2.28. The fourth-order valence-corrected chi connectivity index (χ4v) is 2.79. The van der Waals surface area contributed by atoms with Gasteiger partial charge in [-0.2, -0.15) is 13.2 Å². The van der Waals surface area contributed by atoms with Gasteiger partial charge in [-0.3, -0.25) is 9.59 Å². The van der Waals surface area contributed by atoms with Gasteiger partial charge in [-0.15, -0.1) is 0 Å². The minimum absolute atomic E-state index is 0.0905. The molecular formula is C21H25F3N2O3. The van der Waals surface area contributed by atoms with Crippen LogP contribution >= 0.6 is 0 Å². The number of furan rings is 1. The quantitative estimate of drug-likeness (QED) is 0.721. The second kappa shape index (κ2) is 8.71. The first-order valence-corrected chi connectivity index (χ1v) is 9.21. The largest absolute Gasteiger partial charge is 0.459 e. The van der Waals surface area contributed by atoms with Crippen molar-refractivity contribution in [2.75, 3.05) is 6.54 Å². The SMILES string of the molecule is CC(C)C(NC(=O)c1ccco1)C(=O)NCC(C)(C)c1cccc(C(F)(F)F)c1. The topological polar surface area (TPSA) is 71.3 Å². The van der Waals surface area contributed by atoms with E-state index in [1.807, 2.05) is 0 Å². The van der Waals surface area contributed by atoms with Gasteiger partial charge in [-0.1, -0.05) is 45.9 Å². The van der Waals surface area contributed by atoms with Crippen molar-refractivity contribution in [2.24, 2.45) is 5.92 Å². The van der Waals surface area contributed by atoms with Gasteiger partial charge in [0.1, 0.15) is 6.04 Å². The standard InChI is InChI=1S/C21H25F3N2O3/c1-13(2)17(26-18(27)16-9-6-10-29-16)19(28)25-12-20(3,4)14-7-5-8-15(11-14)21(22,23)24/h5-11,13,17H,12H2,1-4H3,(H,25,28)(H,26,27). The Balaban J connectivity index is 2.07. The van der Waals surface area contributed by atoms with Crippen molar-refractivity contribution >= 4 is 11.8 Å². The number of carbonyl (C=O) groups is 2. The Morgan fingerprint density at radius 1 is 1.07 bits per heavy atom. The molecule has 0 aliphatic rings. The Morgan fingerprint density at radius 2 is 1.72 bits per heavy atom.